The fraction of sp³-hybridized carbons (Fsp3) is 0.600. The van der Waals surface area contributed by atoms with Crippen molar-refractivity contribution in [1.29, 1.82) is 0 Å². The van der Waals surface area contributed by atoms with E-state index >= 15 is 0 Å². The van der Waals surface area contributed by atoms with E-state index in [0.29, 0.717) is 23.5 Å². The van der Waals surface area contributed by atoms with Crippen LogP contribution in [-0.4, -0.2) is 37.9 Å². The molecule has 0 radical (unpaired) electrons. The molecule has 0 aliphatic heterocycles. The molecule has 0 aromatic carbocycles. The second kappa shape index (κ2) is 8.14. The maximum atomic E-state index is 12.1. The number of hydrogen-bond acceptors (Lipinski definition) is 6. The lowest BCUT2D eigenvalue weighted by molar-refractivity contribution is -0.119. The molecule has 8 heteroatoms. The maximum Gasteiger partial charge on any atom is 0.230 e. The first-order valence-corrected chi connectivity index (χ1v) is 9.00. The minimum absolute atomic E-state index is 0.0504. The van der Waals surface area contributed by atoms with E-state index in [9.17, 15) is 4.79 Å². The van der Waals surface area contributed by atoms with Crippen molar-refractivity contribution in [1.82, 2.24) is 25.5 Å². The molecule has 0 atom stereocenters. The molecule has 1 aliphatic rings. The summed E-state index contributed by atoms with van der Waals surface area (Å²) >= 11 is 1.35. The van der Waals surface area contributed by atoms with Gasteiger partial charge in [-0.15, -0.1) is 5.10 Å². The number of nitrogens with zero attached hydrogens (tertiary/aromatic N) is 4. The number of tetrazole rings is 1. The Morgan fingerprint density at radius 3 is 2.91 bits per heavy atom. The number of aromatic nitrogens is 4. The van der Waals surface area contributed by atoms with Crippen LogP contribution in [0.4, 0.5) is 0 Å². The maximum absolute atomic E-state index is 12.1. The van der Waals surface area contributed by atoms with Gasteiger partial charge in [-0.1, -0.05) is 37.4 Å². The summed E-state index contributed by atoms with van der Waals surface area (Å²) in [5.74, 6) is 1.16. The van der Waals surface area contributed by atoms with E-state index in [1.165, 1.54) is 37.4 Å². The molecule has 2 heterocycles. The minimum atomic E-state index is 0.0504. The number of rotatable bonds is 6. The first-order valence-electron chi connectivity index (χ1n) is 8.02. The zero-order valence-electron chi connectivity index (χ0n) is 13.0. The molecule has 0 bridgehead atoms. The van der Waals surface area contributed by atoms with Gasteiger partial charge in [-0.25, -0.2) is 4.68 Å². The Bertz CT molecular complexity index is 605. The molecule has 1 aliphatic carbocycles. The van der Waals surface area contributed by atoms with Crippen LogP contribution in [0.2, 0.25) is 0 Å². The largest absolute Gasteiger partial charge is 0.467 e. The molecular formula is C15H21N5O2S. The number of thioether (sulfide) groups is 1. The highest BCUT2D eigenvalue weighted by Gasteiger charge is 2.16. The third kappa shape index (κ3) is 4.82. The molecule has 1 N–H and O–H groups in total. The molecule has 1 amide bonds. The summed E-state index contributed by atoms with van der Waals surface area (Å²) in [5.41, 5.74) is 0. The smallest absolute Gasteiger partial charge is 0.230 e. The first-order chi connectivity index (χ1) is 11.3. The minimum Gasteiger partial charge on any atom is -0.467 e. The standard InChI is InChI=1S/C15H21N5O2S/c21-14(16-12-6-3-1-2-4-7-12)11-23-15-17-18-19-20(15)10-13-8-5-9-22-13/h5,8-9,12H,1-4,6-7,10-11H2,(H,16,21). The molecule has 23 heavy (non-hydrogen) atoms. The van der Waals surface area contributed by atoms with Gasteiger partial charge < -0.3 is 9.73 Å². The van der Waals surface area contributed by atoms with Crippen LogP contribution in [0, 0.1) is 0 Å². The van der Waals surface area contributed by atoms with Crippen LogP contribution >= 0.6 is 11.8 Å². The molecule has 0 saturated heterocycles. The van der Waals surface area contributed by atoms with Crippen LogP contribution in [0.15, 0.2) is 28.0 Å². The molecule has 1 fully saturated rings. The van der Waals surface area contributed by atoms with E-state index in [0.717, 1.165) is 18.6 Å². The fourth-order valence-corrected chi connectivity index (χ4v) is 3.46. The fourth-order valence-electron chi connectivity index (χ4n) is 2.77. The van der Waals surface area contributed by atoms with E-state index < -0.39 is 0 Å². The highest BCUT2D eigenvalue weighted by atomic mass is 32.2. The van der Waals surface area contributed by atoms with Crippen molar-refractivity contribution in [2.24, 2.45) is 0 Å². The van der Waals surface area contributed by atoms with Crippen LogP contribution < -0.4 is 5.32 Å². The van der Waals surface area contributed by atoms with Crippen LogP contribution in [0.25, 0.3) is 0 Å². The third-order valence-electron chi connectivity index (χ3n) is 3.94. The molecule has 0 unspecified atom stereocenters. The van der Waals surface area contributed by atoms with Crippen molar-refractivity contribution in [2.45, 2.75) is 56.3 Å². The van der Waals surface area contributed by atoms with Gasteiger partial charge in [0.05, 0.1) is 12.0 Å². The Hall–Kier alpha value is -1.83. The van der Waals surface area contributed by atoms with Crippen LogP contribution in [0.1, 0.15) is 44.3 Å². The Morgan fingerprint density at radius 2 is 2.17 bits per heavy atom. The summed E-state index contributed by atoms with van der Waals surface area (Å²) in [5, 5.41) is 15.3. The average molecular weight is 335 g/mol. The summed E-state index contributed by atoms with van der Waals surface area (Å²) in [4.78, 5) is 12.1. The van der Waals surface area contributed by atoms with Crippen molar-refractivity contribution < 1.29 is 9.21 Å². The van der Waals surface area contributed by atoms with Gasteiger partial charge in [-0.3, -0.25) is 4.79 Å². The number of carbonyl (C=O) groups excluding carboxylic acids is 1. The molecule has 2 aromatic heterocycles. The number of amides is 1. The predicted molar refractivity (Wildman–Crippen MR) is 86.0 cm³/mol. The number of furan rings is 1. The highest BCUT2D eigenvalue weighted by molar-refractivity contribution is 7.99. The Balaban J connectivity index is 1.48. The molecule has 2 aromatic rings. The highest BCUT2D eigenvalue weighted by Crippen LogP contribution is 2.18. The molecule has 0 spiro atoms. The first kappa shape index (κ1) is 16.0. The summed E-state index contributed by atoms with van der Waals surface area (Å²) in [6.07, 6.45) is 8.77. The number of carbonyl (C=O) groups is 1. The molecule has 7 nitrogen and oxygen atoms in total. The molecule has 3 rings (SSSR count). The second-order valence-electron chi connectivity index (χ2n) is 5.74. The quantitative estimate of drug-likeness (QED) is 0.644. The number of hydrogen-bond donors (Lipinski definition) is 1. The molecule has 124 valence electrons. The van der Waals surface area contributed by atoms with E-state index in [2.05, 4.69) is 20.8 Å². The van der Waals surface area contributed by atoms with Crippen molar-refractivity contribution in [3.8, 4) is 0 Å². The Labute approximate surface area is 139 Å². The topological polar surface area (TPSA) is 85.8 Å². The third-order valence-corrected chi connectivity index (χ3v) is 4.89. The van der Waals surface area contributed by atoms with Gasteiger partial charge in [0.25, 0.3) is 0 Å². The van der Waals surface area contributed by atoms with Gasteiger partial charge in [-0.2, -0.15) is 0 Å². The van der Waals surface area contributed by atoms with E-state index in [4.69, 9.17) is 4.42 Å². The second-order valence-corrected chi connectivity index (χ2v) is 6.69. The van der Waals surface area contributed by atoms with Crippen molar-refractivity contribution >= 4 is 17.7 Å². The molecular weight excluding hydrogens is 314 g/mol. The van der Waals surface area contributed by atoms with Gasteiger partial charge in [0.2, 0.25) is 11.1 Å². The number of nitrogens with one attached hydrogen (secondary N) is 1. The van der Waals surface area contributed by atoms with Gasteiger partial charge in [0.15, 0.2) is 0 Å². The SMILES string of the molecule is O=C(CSc1nnnn1Cc1ccco1)NC1CCCCCC1. The predicted octanol–water partition coefficient (Wildman–Crippen LogP) is 2.25. The van der Waals surface area contributed by atoms with Crippen molar-refractivity contribution in [2.75, 3.05) is 5.75 Å². The zero-order valence-corrected chi connectivity index (χ0v) is 13.8. The lowest BCUT2D eigenvalue weighted by Gasteiger charge is -2.15. The lowest BCUT2D eigenvalue weighted by atomic mass is 10.1. The van der Waals surface area contributed by atoms with E-state index in [1.54, 1.807) is 10.9 Å². The van der Waals surface area contributed by atoms with Crippen LogP contribution in [0.3, 0.4) is 0 Å². The van der Waals surface area contributed by atoms with Crippen molar-refractivity contribution in [3.05, 3.63) is 24.2 Å². The van der Waals surface area contributed by atoms with Crippen LogP contribution in [-0.2, 0) is 11.3 Å². The summed E-state index contributed by atoms with van der Waals surface area (Å²) in [6.45, 7) is 0.465. The average Bonchev–Trinajstić information content (AvgIpc) is 3.14. The van der Waals surface area contributed by atoms with Gasteiger partial charge in [0, 0.05) is 6.04 Å². The van der Waals surface area contributed by atoms with E-state index in [1.807, 2.05) is 12.1 Å². The van der Waals surface area contributed by atoms with Gasteiger partial charge in [-0.05, 0) is 35.4 Å². The normalized spacial score (nSPS) is 16.2. The van der Waals surface area contributed by atoms with Gasteiger partial charge in [0.1, 0.15) is 12.3 Å². The molecule has 1 saturated carbocycles. The van der Waals surface area contributed by atoms with Crippen molar-refractivity contribution in [3.63, 3.8) is 0 Å². The Kier molecular flexibility index (Phi) is 5.68. The summed E-state index contributed by atoms with van der Waals surface area (Å²) in [7, 11) is 0. The lowest BCUT2D eigenvalue weighted by Crippen LogP contribution is -2.35. The summed E-state index contributed by atoms with van der Waals surface area (Å²) < 4.78 is 6.94. The summed E-state index contributed by atoms with van der Waals surface area (Å²) in [6, 6.07) is 4.02. The zero-order chi connectivity index (χ0) is 15.9. The van der Waals surface area contributed by atoms with Crippen LogP contribution in [0.5, 0.6) is 0 Å². The van der Waals surface area contributed by atoms with E-state index in [-0.39, 0.29) is 5.91 Å². The monoisotopic (exact) mass is 335 g/mol. The van der Waals surface area contributed by atoms with Gasteiger partial charge >= 0.3 is 0 Å². The Morgan fingerprint density at radius 1 is 1.35 bits per heavy atom.